The maximum atomic E-state index is 12.2. The quantitative estimate of drug-likeness (QED) is 0.666. The molecule has 0 radical (unpaired) electrons. The lowest BCUT2D eigenvalue weighted by Crippen LogP contribution is -1.99. The molecule has 2 aromatic rings. The van der Waals surface area contributed by atoms with Gasteiger partial charge in [0.15, 0.2) is 0 Å². The number of rotatable bonds is 6. The second-order valence-electron chi connectivity index (χ2n) is 4.69. The van der Waals surface area contributed by atoms with Crippen molar-refractivity contribution in [1.29, 1.82) is 0 Å². The molecule has 0 fully saturated rings. The summed E-state index contributed by atoms with van der Waals surface area (Å²) in [5.74, 6) is 0. The van der Waals surface area contributed by atoms with Crippen LogP contribution >= 0.6 is 31.0 Å². The van der Waals surface area contributed by atoms with Crippen LogP contribution in [0.25, 0.3) is 0 Å². The molecule has 2 aromatic carbocycles. The minimum atomic E-state index is -2.39. The molecule has 0 bridgehead atoms. The zero-order chi connectivity index (χ0) is 15.2. The van der Waals surface area contributed by atoms with Gasteiger partial charge in [-0.3, -0.25) is 4.79 Å². The molecule has 5 heteroatoms. The van der Waals surface area contributed by atoms with E-state index in [4.69, 9.17) is 23.2 Å². The lowest BCUT2D eigenvalue weighted by molar-refractivity contribution is 0.107. The Balaban J connectivity index is 1.96. The molecule has 0 amide bonds. The summed E-state index contributed by atoms with van der Waals surface area (Å²) in [7, 11) is -2.39. The van der Waals surface area contributed by atoms with Gasteiger partial charge in [-0.15, -0.1) is 0 Å². The number of aryl methyl sites for hydroxylation is 1. The van der Waals surface area contributed by atoms with Crippen LogP contribution in [0.4, 0.5) is 0 Å². The molecule has 0 saturated heterocycles. The van der Waals surface area contributed by atoms with Crippen molar-refractivity contribution in [3.63, 3.8) is 0 Å². The molecule has 0 aromatic heterocycles. The molecule has 110 valence electrons. The molecule has 0 heterocycles. The lowest BCUT2D eigenvalue weighted by atomic mass is 10.1. The molecular formula is C16H15Cl2O2P. The molecule has 1 atom stereocenters. The highest BCUT2D eigenvalue weighted by molar-refractivity contribution is 7.64. The van der Waals surface area contributed by atoms with Gasteiger partial charge in [0.2, 0.25) is 5.52 Å². The highest BCUT2D eigenvalue weighted by Gasteiger charge is 2.19. The van der Waals surface area contributed by atoms with Crippen molar-refractivity contribution in [3.8, 4) is 0 Å². The number of carbonyl (C=O) groups is 1. The molecule has 0 aliphatic heterocycles. The SMILES string of the molecule is O=C(c1c(Cl)cccc1Cl)[PH](=O)CCCc1ccccc1. The number of hydrogen-bond acceptors (Lipinski definition) is 2. The summed E-state index contributed by atoms with van der Waals surface area (Å²) in [5, 5.41) is 0.516. The van der Waals surface area contributed by atoms with Gasteiger partial charge in [0.05, 0.1) is 15.6 Å². The normalized spacial score (nSPS) is 12.1. The second-order valence-corrected chi connectivity index (χ2v) is 7.30. The van der Waals surface area contributed by atoms with Gasteiger partial charge in [-0.1, -0.05) is 59.6 Å². The summed E-state index contributed by atoms with van der Waals surface area (Å²) in [4.78, 5) is 12.2. The highest BCUT2D eigenvalue weighted by atomic mass is 35.5. The molecule has 0 aliphatic rings. The fourth-order valence-electron chi connectivity index (χ4n) is 2.07. The van der Waals surface area contributed by atoms with Crippen LogP contribution in [0, 0.1) is 0 Å². The van der Waals surface area contributed by atoms with Crippen molar-refractivity contribution >= 4 is 36.5 Å². The Morgan fingerprint density at radius 3 is 2.19 bits per heavy atom. The Bertz CT molecular complexity index is 636. The van der Waals surface area contributed by atoms with E-state index in [1.165, 1.54) is 5.56 Å². The fraction of sp³-hybridized carbons (Fsp3) is 0.188. The fourth-order valence-corrected chi connectivity index (χ4v) is 4.07. The van der Waals surface area contributed by atoms with Crippen molar-refractivity contribution in [1.82, 2.24) is 0 Å². The largest absolute Gasteiger partial charge is 0.318 e. The van der Waals surface area contributed by atoms with Gasteiger partial charge in [0.25, 0.3) is 0 Å². The first-order valence-electron chi connectivity index (χ1n) is 6.65. The first-order valence-corrected chi connectivity index (χ1v) is 9.02. The van der Waals surface area contributed by atoms with Crippen molar-refractivity contribution in [3.05, 3.63) is 69.7 Å². The van der Waals surface area contributed by atoms with E-state index in [1.54, 1.807) is 18.2 Å². The van der Waals surface area contributed by atoms with E-state index in [0.29, 0.717) is 12.6 Å². The lowest BCUT2D eigenvalue weighted by Gasteiger charge is -2.06. The third-order valence-electron chi connectivity index (χ3n) is 3.16. The summed E-state index contributed by atoms with van der Waals surface area (Å²) >= 11 is 11.9. The van der Waals surface area contributed by atoms with Gasteiger partial charge >= 0.3 is 0 Å². The van der Waals surface area contributed by atoms with E-state index in [-0.39, 0.29) is 15.6 Å². The Kier molecular flexibility index (Phi) is 6.05. The zero-order valence-electron chi connectivity index (χ0n) is 11.3. The van der Waals surface area contributed by atoms with Gasteiger partial charge in [0, 0.05) is 6.16 Å². The Labute approximate surface area is 134 Å². The molecule has 0 N–H and O–H groups in total. The Hall–Kier alpha value is -1.08. The van der Waals surface area contributed by atoms with Crippen LogP contribution in [0.15, 0.2) is 48.5 Å². The molecule has 0 spiro atoms. The third-order valence-corrected chi connectivity index (χ3v) is 5.35. The van der Waals surface area contributed by atoms with Crippen molar-refractivity contribution < 1.29 is 9.36 Å². The summed E-state index contributed by atoms with van der Waals surface area (Å²) in [6.07, 6.45) is 1.89. The second kappa shape index (κ2) is 7.79. The van der Waals surface area contributed by atoms with Gasteiger partial charge in [-0.2, -0.15) is 0 Å². The summed E-state index contributed by atoms with van der Waals surface area (Å²) in [6, 6.07) is 14.7. The van der Waals surface area contributed by atoms with E-state index in [0.717, 1.165) is 6.42 Å². The van der Waals surface area contributed by atoms with Crippen LogP contribution in [-0.2, 0) is 11.0 Å². The van der Waals surface area contributed by atoms with E-state index in [1.807, 2.05) is 30.3 Å². The van der Waals surface area contributed by atoms with E-state index in [2.05, 4.69) is 0 Å². The van der Waals surface area contributed by atoms with Crippen LogP contribution in [0.5, 0.6) is 0 Å². The van der Waals surface area contributed by atoms with Gasteiger partial charge < -0.3 is 4.57 Å². The third kappa shape index (κ3) is 4.44. The first kappa shape index (κ1) is 16.3. The van der Waals surface area contributed by atoms with Crippen LogP contribution in [0.1, 0.15) is 22.3 Å². The molecular weight excluding hydrogens is 326 g/mol. The Morgan fingerprint density at radius 1 is 0.952 bits per heavy atom. The zero-order valence-corrected chi connectivity index (χ0v) is 13.8. The molecule has 1 unspecified atom stereocenters. The molecule has 2 rings (SSSR count). The number of carbonyl (C=O) groups excluding carboxylic acids is 1. The minimum Gasteiger partial charge on any atom is -0.318 e. The van der Waals surface area contributed by atoms with Crippen molar-refractivity contribution in [2.45, 2.75) is 12.8 Å². The van der Waals surface area contributed by atoms with Crippen LogP contribution in [-0.4, -0.2) is 11.7 Å². The standard InChI is InChI=1S/C16H15Cl2O2P/c17-13-9-4-10-14(18)15(13)16(19)21(20)11-5-8-12-6-2-1-3-7-12/h1-4,6-7,9-10,21H,5,8,11H2. The molecule has 0 saturated carbocycles. The van der Waals surface area contributed by atoms with Gasteiger partial charge in [0.1, 0.15) is 7.80 Å². The topological polar surface area (TPSA) is 34.1 Å². The summed E-state index contributed by atoms with van der Waals surface area (Å²) < 4.78 is 12.2. The van der Waals surface area contributed by atoms with Crippen LogP contribution in [0.3, 0.4) is 0 Å². The maximum absolute atomic E-state index is 12.2. The van der Waals surface area contributed by atoms with Crippen molar-refractivity contribution in [2.75, 3.05) is 6.16 Å². The average Bonchev–Trinajstić information content (AvgIpc) is 2.48. The summed E-state index contributed by atoms with van der Waals surface area (Å²) in [5.41, 5.74) is 0.934. The highest BCUT2D eigenvalue weighted by Crippen LogP contribution is 2.35. The first-order chi connectivity index (χ1) is 10.1. The predicted octanol–water partition coefficient (Wildman–Crippen LogP) is 5.33. The minimum absolute atomic E-state index is 0.185. The number of hydrogen-bond donors (Lipinski definition) is 0. The monoisotopic (exact) mass is 340 g/mol. The van der Waals surface area contributed by atoms with E-state index < -0.39 is 13.3 Å². The van der Waals surface area contributed by atoms with Gasteiger partial charge in [-0.25, -0.2) is 0 Å². The van der Waals surface area contributed by atoms with Crippen LogP contribution < -0.4 is 0 Å². The van der Waals surface area contributed by atoms with E-state index >= 15 is 0 Å². The van der Waals surface area contributed by atoms with E-state index in [9.17, 15) is 9.36 Å². The average molecular weight is 341 g/mol. The molecule has 21 heavy (non-hydrogen) atoms. The Morgan fingerprint density at radius 2 is 1.57 bits per heavy atom. The van der Waals surface area contributed by atoms with Crippen LogP contribution in [0.2, 0.25) is 10.0 Å². The number of benzene rings is 2. The van der Waals surface area contributed by atoms with Gasteiger partial charge in [-0.05, 0) is 30.5 Å². The summed E-state index contributed by atoms with van der Waals surface area (Å²) in [6.45, 7) is 0. The molecule has 0 aliphatic carbocycles. The maximum Gasteiger partial charge on any atom is 0.221 e. The molecule has 2 nitrogen and oxygen atoms in total. The number of halogens is 2. The smallest absolute Gasteiger partial charge is 0.221 e. The van der Waals surface area contributed by atoms with Crippen molar-refractivity contribution in [2.24, 2.45) is 0 Å². The predicted molar refractivity (Wildman–Crippen MR) is 89.4 cm³/mol.